The van der Waals surface area contributed by atoms with E-state index in [9.17, 15) is 0 Å². The van der Waals surface area contributed by atoms with E-state index in [1.54, 1.807) is 7.11 Å². The largest absolute Gasteiger partial charge is 0.496 e. The first-order valence-corrected chi connectivity index (χ1v) is 5.65. The second-order valence-electron chi connectivity index (χ2n) is 3.03. The van der Waals surface area contributed by atoms with E-state index in [1.807, 2.05) is 0 Å². The summed E-state index contributed by atoms with van der Waals surface area (Å²) in [5, 5.41) is 0.850. The van der Waals surface area contributed by atoms with Gasteiger partial charge in [0.05, 0.1) is 7.11 Å². The molecule has 0 aliphatic rings. The van der Waals surface area contributed by atoms with E-state index < -0.39 is 0 Å². The van der Waals surface area contributed by atoms with Gasteiger partial charge in [-0.15, -0.1) is 0 Å². The molecule has 0 atom stereocenters. The molecular weight excluding hydrogens is 228 g/mol. The molecule has 0 aromatic heterocycles. The van der Waals surface area contributed by atoms with Crippen molar-refractivity contribution in [3.8, 4) is 5.75 Å². The molecule has 0 heterocycles. The average Bonchev–Trinajstić information content (AvgIpc) is 2.18. The lowest BCUT2D eigenvalue weighted by molar-refractivity contribution is 0.411. The van der Waals surface area contributed by atoms with Crippen LogP contribution in [0, 0.1) is 0 Å². The van der Waals surface area contributed by atoms with Crippen LogP contribution in [-0.2, 0) is 11.8 Å². The minimum Gasteiger partial charge on any atom is -0.496 e. The zero-order valence-corrected chi connectivity index (χ0v) is 9.73. The molecule has 0 spiro atoms. The summed E-state index contributed by atoms with van der Waals surface area (Å²) >= 11 is 3.43. The van der Waals surface area contributed by atoms with Gasteiger partial charge in [0.2, 0.25) is 0 Å². The third-order valence-corrected chi connectivity index (χ3v) is 2.64. The van der Waals surface area contributed by atoms with Crippen LogP contribution in [0.3, 0.4) is 0 Å². The van der Waals surface area contributed by atoms with Crippen molar-refractivity contribution in [1.82, 2.24) is 0 Å². The van der Waals surface area contributed by atoms with Gasteiger partial charge in [-0.3, -0.25) is 0 Å². The Balaban J connectivity index is 2.91. The SMILES string of the molecule is CCCc1ccc(CBr)c(OC)c1. The molecule has 13 heavy (non-hydrogen) atoms. The lowest BCUT2D eigenvalue weighted by Crippen LogP contribution is -1.92. The van der Waals surface area contributed by atoms with Crippen molar-refractivity contribution in [2.75, 3.05) is 7.11 Å². The zero-order valence-electron chi connectivity index (χ0n) is 8.14. The van der Waals surface area contributed by atoms with Crippen LogP contribution in [-0.4, -0.2) is 7.11 Å². The highest BCUT2D eigenvalue weighted by molar-refractivity contribution is 9.08. The van der Waals surface area contributed by atoms with Crippen molar-refractivity contribution in [3.63, 3.8) is 0 Å². The molecule has 0 bridgehead atoms. The maximum Gasteiger partial charge on any atom is 0.123 e. The van der Waals surface area contributed by atoms with Crippen molar-refractivity contribution >= 4 is 15.9 Å². The van der Waals surface area contributed by atoms with Gasteiger partial charge < -0.3 is 4.74 Å². The summed E-state index contributed by atoms with van der Waals surface area (Å²) in [5.74, 6) is 0.989. The first-order valence-electron chi connectivity index (χ1n) is 4.53. The number of methoxy groups -OCH3 is 1. The molecule has 0 fully saturated rings. The van der Waals surface area contributed by atoms with Gasteiger partial charge >= 0.3 is 0 Å². The summed E-state index contributed by atoms with van der Waals surface area (Å²) < 4.78 is 5.29. The van der Waals surface area contributed by atoms with E-state index >= 15 is 0 Å². The van der Waals surface area contributed by atoms with Gasteiger partial charge in [-0.25, -0.2) is 0 Å². The normalized spacial score (nSPS) is 10.1. The molecule has 1 rings (SSSR count). The lowest BCUT2D eigenvalue weighted by atomic mass is 10.1. The highest BCUT2D eigenvalue weighted by atomic mass is 79.9. The third-order valence-electron chi connectivity index (χ3n) is 2.03. The molecule has 0 amide bonds. The molecule has 0 unspecified atom stereocenters. The number of alkyl halides is 1. The van der Waals surface area contributed by atoms with Crippen LogP contribution in [0.25, 0.3) is 0 Å². The lowest BCUT2D eigenvalue weighted by Gasteiger charge is -2.07. The minimum atomic E-state index is 0.850. The number of benzene rings is 1. The van der Waals surface area contributed by atoms with Crippen LogP contribution in [0.15, 0.2) is 18.2 Å². The van der Waals surface area contributed by atoms with E-state index in [1.165, 1.54) is 17.5 Å². The fourth-order valence-corrected chi connectivity index (χ4v) is 1.81. The molecule has 0 aliphatic carbocycles. The average molecular weight is 243 g/mol. The van der Waals surface area contributed by atoms with E-state index in [0.29, 0.717) is 0 Å². The molecule has 0 saturated heterocycles. The Kier molecular flexibility index (Phi) is 4.29. The number of halogens is 1. The zero-order chi connectivity index (χ0) is 9.68. The van der Waals surface area contributed by atoms with Gasteiger partial charge in [0.15, 0.2) is 0 Å². The first kappa shape index (κ1) is 10.6. The Morgan fingerprint density at radius 3 is 2.69 bits per heavy atom. The van der Waals surface area contributed by atoms with Crippen LogP contribution in [0.5, 0.6) is 5.75 Å². The minimum absolute atomic E-state index is 0.850. The topological polar surface area (TPSA) is 9.23 Å². The molecule has 1 aromatic carbocycles. The second kappa shape index (κ2) is 5.28. The van der Waals surface area contributed by atoms with Crippen molar-refractivity contribution in [1.29, 1.82) is 0 Å². The van der Waals surface area contributed by atoms with Gasteiger partial charge in [0, 0.05) is 10.9 Å². The van der Waals surface area contributed by atoms with E-state index in [-0.39, 0.29) is 0 Å². The number of aryl methyl sites for hydroxylation is 1. The quantitative estimate of drug-likeness (QED) is 0.735. The van der Waals surface area contributed by atoms with Crippen molar-refractivity contribution < 1.29 is 4.74 Å². The summed E-state index contributed by atoms with van der Waals surface area (Å²) in [7, 11) is 1.72. The molecule has 1 nitrogen and oxygen atoms in total. The van der Waals surface area contributed by atoms with E-state index in [2.05, 4.69) is 41.1 Å². The Labute approximate surface area is 88.2 Å². The fraction of sp³-hybridized carbons (Fsp3) is 0.455. The van der Waals surface area contributed by atoms with Crippen LogP contribution in [0.1, 0.15) is 24.5 Å². The molecule has 1 aromatic rings. The Hall–Kier alpha value is -0.500. The predicted molar refractivity (Wildman–Crippen MR) is 59.6 cm³/mol. The standard InChI is InChI=1S/C11H15BrO/c1-3-4-9-5-6-10(8-12)11(7-9)13-2/h5-7H,3-4,8H2,1-2H3. The van der Waals surface area contributed by atoms with Crippen molar-refractivity contribution in [2.45, 2.75) is 25.1 Å². The molecular formula is C11H15BrO. The fourth-order valence-electron chi connectivity index (χ4n) is 1.34. The third kappa shape index (κ3) is 2.73. The van der Waals surface area contributed by atoms with Gasteiger partial charge in [-0.1, -0.05) is 41.4 Å². The Morgan fingerprint density at radius 2 is 2.15 bits per heavy atom. The number of hydrogen-bond donors (Lipinski definition) is 0. The Bertz CT molecular complexity index is 271. The van der Waals surface area contributed by atoms with Crippen molar-refractivity contribution in [2.24, 2.45) is 0 Å². The maximum atomic E-state index is 5.29. The van der Waals surface area contributed by atoms with Gasteiger partial charge in [-0.2, -0.15) is 0 Å². The van der Waals surface area contributed by atoms with Crippen LogP contribution in [0.4, 0.5) is 0 Å². The van der Waals surface area contributed by atoms with Crippen LogP contribution < -0.4 is 4.74 Å². The molecule has 0 radical (unpaired) electrons. The van der Waals surface area contributed by atoms with Crippen LogP contribution >= 0.6 is 15.9 Å². The summed E-state index contributed by atoms with van der Waals surface area (Å²) in [5.41, 5.74) is 2.56. The summed E-state index contributed by atoms with van der Waals surface area (Å²) in [6.07, 6.45) is 2.30. The summed E-state index contributed by atoms with van der Waals surface area (Å²) in [6.45, 7) is 2.19. The Morgan fingerprint density at radius 1 is 1.38 bits per heavy atom. The van der Waals surface area contributed by atoms with Gasteiger partial charge in [0.1, 0.15) is 5.75 Å². The van der Waals surface area contributed by atoms with E-state index in [4.69, 9.17) is 4.74 Å². The highest BCUT2D eigenvalue weighted by Gasteiger charge is 2.01. The highest BCUT2D eigenvalue weighted by Crippen LogP contribution is 2.22. The van der Waals surface area contributed by atoms with Gasteiger partial charge in [0.25, 0.3) is 0 Å². The van der Waals surface area contributed by atoms with Crippen molar-refractivity contribution in [3.05, 3.63) is 29.3 Å². The summed E-state index contributed by atoms with van der Waals surface area (Å²) in [6, 6.07) is 6.42. The number of ether oxygens (including phenoxy) is 1. The molecule has 0 saturated carbocycles. The molecule has 0 aliphatic heterocycles. The monoisotopic (exact) mass is 242 g/mol. The number of hydrogen-bond acceptors (Lipinski definition) is 1. The number of rotatable bonds is 4. The first-order chi connectivity index (χ1) is 6.31. The molecule has 2 heteroatoms. The van der Waals surface area contributed by atoms with Gasteiger partial charge in [-0.05, 0) is 18.1 Å². The van der Waals surface area contributed by atoms with Crippen LogP contribution in [0.2, 0.25) is 0 Å². The van der Waals surface area contributed by atoms with E-state index in [0.717, 1.165) is 17.5 Å². The second-order valence-corrected chi connectivity index (χ2v) is 3.59. The molecule has 0 N–H and O–H groups in total. The molecule has 72 valence electrons. The predicted octanol–water partition coefficient (Wildman–Crippen LogP) is 3.54. The smallest absolute Gasteiger partial charge is 0.123 e. The maximum absolute atomic E-state index is 5.29. The summed E-state index contributed by atoms with van der Waals surface area (Å²) in [4.78, 5) is 0.